The van der Waals surface area contributed by atoms with E-state index in [-0.39, 0.29) is 19.0 Å². The summed E-state index contributed by atoms with van der Waals surface area (Å²) in [4.78, 5) is 0. The molecule has 72 valence electrons. The highest BCUT2D eigenvalue weighted by molar-refractivity contribution is 4.79. The number of hydrogen-bond acceptors (Lipinski definition) is 3. The van der Waals surface area contributed by atoms with E-state index in [9.17, 15) is 0 Å². The van der Waals surface area contributed by atoms with Gasteiger partial charge in [-0.15, -0.1) is 6.58 Å². The molecule has 0 aliphatic rings. The molecule has 3 nitrogen and oxygen atoms in total. The van der Waals surface area contributed by atoms with Gasteiger partial charge in [0.25, 0.3) is 0 Å². The lowest BCUT2D eigenvalue weighted by Crippen LogP contribution is -2.14. The van der Waals surface area contributed by atoms with Crippen LogP contribution in [0.4, 0.5) is 0 Å². The summed E-state index contributed by atoms with van der Waals surface area (Å²) in [5.74, 6) is 0. The summed E-state index contributed by atoms with van der Waals surface area (Å²) in [6.45, 7) is 5.66. The van der Waals surface area contributed by atoms with Gasteiger partial charge >= 0.3 is 0 Å². The molecule has 0 amide bonds. The van der Waals surface area contributed by atoms with Gasteiger partial charge in [0.05, 0.1) is 12.2 Å². The van der Waals surface area contributed by atoms with Gasteiger partial charge in [-0.1, -0.05) is 6.08 Å². The van der Waals surface area contributed by atoms with Crippen molar-refractivity contribution in [2.75, 3.05) is 13.9 Å². The summed E-state index contributed by atoms with van der Waals surface area (Å²) in [5, 5.41) is 9.00. The van der Waals surface area contributed by atoms with Crippen LogP contribution in [0.5, 0.6) is 0 Å². The molecular formula is C9H18O3. The van der Waals surface area contributed by atoms with Crippen LogP contribution in [-0.4, -0.2) is 31.2 Å². The van der Waals surface area contributed by atoms with Crippen LogP contribution in [0, 0.1) is 0 Å². The molecule has 0 heterocycles. The highest BCUT2D eigenvalue weighted by Crippen LogP contribution is 2.05. The van der Waals surface area contributed by atoms with Crippen LogP contribution in [0.1, 0.15) is 19.8 Å². The minimum Gasteiger partial charge on any atom is -0.393 e. The molecule has 0 saturated heterocycles. The van der Waals surface area contributed by atoms with E-state index in [2.05, 4.69) is 6.58 Å². The summed E-state index contributed by atoms with van der Waals surface area (Å²) in [7, 11) is 1.58. The first kappa shape index (κ1) is 11.6. The minimum absolute atomic E-state index is 0.0143. The van der Waals surface area contributed by atoms with Crippen LogP contribution in [0.3, 0.4) is 0 Å². The van der Waals surface area contributed by atoms with Gasteiger partial charge in [0, 0.05) is 7.11 Å². The topological polar surface area (TPSA) is 38.7 Å². The van der Waals surface area contributed by atoms with Gasteiger partial charge in [0.15, 0.2) is 0 Å². The molecule has 0 radical (unpaired) electrons. The van der Waals surface area contributed by atoms with E-state index < -0.39 is 0 Å². The zero-order valence-electron chi connectivity index (χ0n) is 7.82. The first-order valence-corrected chi connectivity index (χ1v) is 4.11. The molecule has 0 spiro atoms. The van der Waals surface area contributed by atoms with E-state index in [1.165, 1.54) is 0 Å². The van der Waals surface area contributed by atoms with Crippen molar-refractivity contribution in [3.63, 3.8) is 0 Å². The van der Waals surface area contributed by atoms with Crippen LogP contribution >= 0.6 is 0 Å². The number of ether oxygens (including phenoxy) is 2. The third-order valence-electron chi connectivity index (χ3n) is 1.53. The third kappa shape index (κ3) is 6.34. The lowest BCUT2D eigenvalue weighted by atomic mass is 10.1. The van der Waals surface area contributed by atoms with Crippen molar-refractivity contribution < 1.29 is 14.6 Å². The van der Waals surface area contributed by atoms with Crippen LogP contribution in [0.25, 0.3) is 0 Å². The van der Waals surface area contributed by atoms with Crippen molar-refractivity contribution >= 4 is 0 Å². The van der Waals surface area contributed by atoms with E-state index in [1.54, 1.807) is 20.1 Å². The highest BCUT2D eigenvalue weighted by Gasteiger charge is 2.05. The number of hydrogen-bond donors (Lipinski definition) is 1. The van der Waals surface area contributed by atoms with Crippen LogP contribution in [0.2, 0.25) is 0 Å². The number of rotatable bonds is 7. The van der Waals surface area contributed by atoms with Gasteiger partial charge in [-0.3, -0.25) is 0 Å². The molecule has 0 aromatic heterocycles. The van der Waals surface area contributed by atoms with E-state index in [4.69, 9.17) is 14.6 Å². The van der Waals surface area contributed by atoms with Gasteiger partial charge in [-0.2, -0.15) is 0 Å². The van der Waals surface area contributed by atoms with E-state index in [0.29, 0.717) is 0 Å². The summed E-state index contributed by atoms with van der Waals surface area (Å²) < 4.78 is 9.99. The fourth-order valence-corrected chi connectivity index (χ4v) is 0.830. The van der Waals surface area contributed by atoms with E-state index >= 15 is 0 Å². The molecule has 2 atom stereocenters. The van der Waals surface area contributed by atoms with Gasteiger partial charge in [0.1, 0.15) is 6.79 Å². The largest absolute Gasteiger partial charge is 0.393 e. The molecule has 3 heteroatoms. The van der Waals surface area contributed by atoms with Gasteiger partial charge in [-0.05, 0) is 19.8 Å². The standard InChI is InChI=1S/C9H18O3/c1-4-9(12-7-11-3)6-5-8(2)10/h4,8-10H,1,5-7H2,2-3H3/t8-,9-/m0/s1. The fourth-order valence-electron chi connectivity index (χ4n) is 0.830. The highest BCUT2D eigenvalue weighted by atomic mass is 16.7. The van der Waals surface area contributed by atoms with Crippen molar-refractivity contribution in [1.82, 2.24) is 0 Å². The second-order valence-electron chi connectivity index (χ2n) is 2.77. The number of aliphatic hydroxyl groups is 1. The first-order chi connectivity index (χ1) is 5.70. The van der Waals surface area contributed by atoms with Crippen LogP contribution in [-0.2, 0) is 9.47 Å². The van der Waals surface area contributed by atoms with Crippen molar-refractivity contribution in [3.05, 3.63) is 12.7 Å². The van der Waals surface area contributed by atoms with E-state index in [1.807, 2.05) is 0 Å². The lowest BCUT2D eigenvalue weighted by Gasteiger charge is -2.13. The third-order valence-corrected chi connectivity index (χ3v) is 1.53. The predicted molar refractivity (Wildman–Crippen MR) is 47.9 cm³/mol. The van der Waals surface area contributed by atoms with Crippen molar-refractivity contribution in [2.45, 2.75) is 32.0 Å². The molecule has 0 aliphatic heterocycles. The van der Waals surface area contributed by atoms with Gasteiger partial charge < -0.3 is 14.6 Å². The Morgan fingerprint density at radius 2 is 2.17 bits per heavy atom. The SMILES string of the molecule is C=C[C@@H](CC[C@H](C)O)OCOC. The summed E-state index contributed by atoms with van der Waals surface area (Å²) in [6, 6.07) is 0. The predicted octanol–water partition coefficient (Wildman–Crippen LogP) is 1.32. The molecule has 0 unspecified atom stereocenters. The quantitative estimate of drug-likeness (QED) is 0.467. The fraction of sp³-hybridized carbons (Fsp3) is 0.778. The molecule has 0 aliphatic carbocycles. The Balaban J connectivity index is 3.46. The summed E-state index contributed by atoms with van der Waals surface area (Å²) in [6.07, 6.45) is 2.94. The Kier molecular flexibility index (Phi) is 7.05. The molecule has 0 fully saturated rings. The molecule has 0 aromatic rings. The van der Waals surface area contributed by atoms with E-state index in [0.717, 1.165) is 12.8 Å². The molecule has 12 heavy (non-hydrogen) atoms. The smallest absolute Gasteiger partial charge is 0.147 e. The zero-order valence-corrected chi connectivity index (χ0v) is 7.82. The Hall–Kier alpha value is -0.380. The molecule has 0 saturated carbocycles. The summed E-state index contributed by atoms with van der Waals surface area (Å²) >= 11 is 0. The van der Waals surface area contributed by atoms with Crippen molar-refractivity contribution in [2.24, 2.45) is 0 Å². The maximum absolute atomic E-state index is 9.00. The zero-order chi connectivity index (χ0) is 9.40. The Morgan fingerprint density at radius 3 is 2.58 bits per heavy atom. The normalized spacial score (nSPS) is 15.6. The van der Waals surface area contributed by atoms with Gasteiger partial charge in [-0.25, -0.2) is 0 Å². The molecule has 1 N–H and O–H groups in total. The van der Waals surface area contributed by atoms with Crippen molar-refractivity contribution in [3.8, 4) is 0 Å². The first-order valence-electron chi connectivity index (χ1n) is 4.11. The number of aliphatic hydroxyl groups excluding tert-OH is 1. The average Bonchev–Trinajstić information content (AvgIpc) is 2.05. The monoisotopic (exact) mass is 174 g/mol. The van der Waals surface area contributed by atoms with Crippen LogP contribution in [0.15, 0.2) is 12.7 Å². The minimum atomic E-state index is -0.279. The van der Waals surface area contributed by atoms with Crippen molar-refractivity contribution in [1.29, 1.82) is 0 Å². The van der Waals surface area contributed by atoms with Gasteiger partial charge in [0.2, 0.25) is 0 Å². The summed E-state index contributed by atoms with van der Waals surface area (Å²) in [5.41, 5.74) is 0. The second kappa shape index (κ2) is 7.28. The molecule has 0 aromatic carbocycles. The molecule has 0 rings (SSSR count). The number of methoxy groups -OCH3 is 1. The second-order valence-corrected chi connectivity index (χ2v) is 2.77. The maximum Gasteiger partial charge on any atom is 0.147 e. The lowest BCUT2D eigenvalue weighted by molar-refractivity contribution is -0.0599. The molecular weight excluding hydrogens is 156 g/mol. The van der Waals surface area contributed by atoms with Crippen LogP contribution < -0.4 is 0 Å². The Bertz CT molecular complexity index is 112. The Morgan fingerprint density at radius 1 is 1.50 bits per heavy atom. The maximum atomic E-state index is 9.00. The average molecular weight is 174 g/mol. The Labute approximate surface area is 74.0 Å². The molecule has 0 bridgehead atoms.